The number of fused-ring (bicyclic) bond motifs is 2. The Morgan fingerprint density at radius 2 is 1.46 bits per heavy atom. The largest absolute Gasteiger partial charge is 0.413 e. The zero-order chi connectivity index (χ0) is 29.0. The van der Waals surface area contributed by atoms with E-state index in [4.69, 9.17) is 4.43 Å². The maximum absolute atomic E-state index is 12.5. The molecule has 5 aliphatic rings. The molecule has 0 aromatic carbocycles. The van der Waals surface area contributed by atoms with Gasteiger partial charge in [0.25, 0.3) is 0 Å². The molecule has 5 rings (SSSR count). The van der Waals surface area contributed by atoms with Gasteiger partial charge in [-0.05, 0) is 133 Å². The van der Waals surface area contributed by atoms with Crippen molar-refractivity contribution in [3.63, 3.8) is 0 Å². The highest BCUT2D eigenvalue weighted by atomic mass is 28.4. The molecule has 3 heteroatoms. The van der Waals surface area contributed by atoms with Crippen molar-refractivity contribution in [1.29, 1.82) is 0 Å². The predicted molar refractivity (Wildman–Crippen MR) is 167 cm³/mol. The number of rotatable bonds is 7. The van der Waals surface area contributed by atoms with Crippen molar-refractivity contribution in [2.45, 2.75) is 164 Å². The van der Waals surface area contributed by atoms with Crippen LogP contribution in [0.15, 0.2) is 0 Å². The van der Waals surface area contributed by atoms with Gasteiger partial charge in [-0.1, -0.05) is 69.2 Å². The molecule has 0 aromatic heterocycles. The Labute approximate surface area is 243 Å². The number of ketones is 1. The molecule has 2 spiro atoms. The highest BCUT2D eigenvalue weighted by Crippen LogP contribution is 2.89. The van der Waals surface area contributed by atoms with Gasteiger partial charge in [0, 0.05) is 12.3 Å². The monoisotopic (exact) mass is 556 g/mol. The van der Waals surface area contributed by atoms with Crippen molar-refractivity contribution in [3.05, 3.63) is 0 Å². The lowest BCUT2D eigenvalue weighted by Gasteiger charge is -2.64. The van der Waals surface area contributed by atoms with E-state index < -0.39 is 8.32 Å². The summed E-state index contributed by atoms with van der Waals surface area (Å²) in [4.78, 5) is 12.5. The van der Waals surface area contributed by atoms with Crippen LogP contribution in [0.4, 0.5) is 0 Å². The molecule has 0 radical (unpaired) electrons. The Morgan fingerprint density at radius 3 is 2.08 bits per heavy atom. The van der Waals surface area contributed by atoms with Crippen molar-refractivity contribution in [3.8, 4) is 0 Å². The molecular weight excluding hydrogens is 492 g/mol. The fraction of sp³-hybridized carbons (Fsp3) is 0.972. The van der Waals surface area contributed by atoms with Crippen molar-refractivity contribution in [2.24, 2.45) is 56.7 Å². The molecule has 0 aromatic rings. The van der Waals surface area contributed by atoms with E-state index in [1.807, 2.05) is 0 Å². The maximum Gasteiger partial charge on any atom is 0.192 e. The van der Waals surface area contributed by atoms with Crippen LogP contribution in [0.25, 0.3) is 0 Å². The molecule has 0 unspecified atom stereocenters. The third-order valence-corrected chi connectivity index (χ3v) is 20.0. The molecule has 39 heavy (non-hydrogen) atoms. The summed E-state index contributed by atoms with van der Waals surface area (Å²) >= 11 is 0. The summed E-state index contributed by atoms with van der Waals surface area (Å²) in [5.74, 6) is 3.84. The van der Waals surface area contributed by atoms with Crippen LogP contribution in [-0.2, 0) is 9.22 Å². The SMILES string of the molecule is CC(C)C(=O)CC[C@@H](C)[C@H]1CC[C@@]2(C)[C@@H]3CC[C@H]4C(C)(C)[C@@H](O[Si](C)(C)C(C)(C)C)CC[C@@]45C[C@@]35CC[C@]12C. The minimum atomic E-state index is -1.78. The van der Waals surface area contributed by atoms with Crippen molar-refractivity contribution < 1.29 is 9.22 Å². The number of carbonyl (C=O) groups excluding carboxylic acids is 1. The highest BCUT2D eigenvalue weighted by Gasteiger charge is 2.82. The average molecular weight is 557 g/mol. The summed E-state index contributed by atoms with van der Waals surface area (Å²) in [5.41, 5.74) is 2.39. The summed E-state index contributed by atoms with van der Waals surface area (Å²) in [6.45, 7) is 29.4. The topological polar surface area (TPSA) is 26.3 Å². The molecule has 5 saturated carbocycles. The van der Waals surface area contributed by atoms with Crippen LogP contribution in [0.2, 0.25) is 18.1 Å². The summed E-state index contributed by atoms with van der Waals surface area (Å²) in [6, 6.07) is 0. The van der Waals surface area contributed by atoms with Crippen LogP contribution in [0.3, 0.4) is 0 Å². The maximum atomic E-state index is 12.5. The van der Waals surface area contributed by atoms with Gasteiger partial charge in [-0.2, -0.15) is 0 Å². The second kappa shape index (κ2) is 9.17. The summed E-state index contributed by atoms with van der Waals surface area (Å²) in [7, 11) is -1.78. The lowest BCUT2D eigenvalue weighted by Crippen LogP contribution is -2.59. The molecule has 9 atom stereocenters. The van der Waals surface area contributed by atoms with Gasteiger partial charge in [0.15, 0.2) is 8.32 Å². The van der Waals surface area contributed by atoms with E-state index in [9.17, 15) is 4.79 Å². The molecule has 0 saturated heterocycles. The van der Waals surface area contributed by atoms with Crippen LogP contribution in [0, 0.1) is 56.7 Å². The smallest absolute Gasteiger partial charge is 0.192 e. The predicted octanol–water partition coefficient (Wildman–Crippen LogP) is 10.5. The molecule has 5 fully saturated rings. The number of hydrogen-bond donors (Lipinski definition) is 0. The number of hydrogen-bond acceptors (Lipinski definition) is 2. The Kier molecular flexibility index (Phi) is 7.13. The highest BCUT2D eigenvalue weighted by molar-refractivity contribution is 6.74. The first-order valence-electron chi connectivity index (χ1n) is 17.0. The zero-order valence-corrected chi connectivity index (χ0v) is 29.1. The normalized spacial score (nSPS) is 45.7. The minimum absolute atomic E-state index is 0.184. The third-order valence-electron chi connectivity index (χ3n) is 15.5. The molecule has 0 amide bonds. The quantitative estimate of drug-likeness (QED) is 0.291. The Balaban J connectivity index is 1.35. The first-order chi connectivity index (χ1) is 17.8. The molecular formula is C36H64O2Si. The first-order valence-corrected chi connectivity index (χ1v) is 19.9. The molecule has 0 heterocycles. The molecule has 5 aliphatic carbocycles. The van der Waals surface area contributed by atoms with Gasteiger partial charge in [0.1, 0.15) is 5.78 Å². The summed E-state index contributed by atoms with van der Waals surface area (Å²) < 4.78 is 7.22. The van der Waals surface area contributed by atoms with Crippen molar-refractivity contribution >= 4 is 14.1 Å². The lowest BCUT2D eigenvalue weighted by atomic mass is 9.41. The summed E-state index contributed by atoms with van der Waals surface area (Å²) in [6.07, 6.45) is 15.1. The first kappa shape index (κ1) is 30.3. The third kappa shape index (κ3) is 4.10. The van der Waals surface area contributed by atoms with Crippen molar-refractivity contribution in [1.82, 2.24) is 0 Å². The van der Waals surface area contributed by atoms with Gasteiger partial charge in [0.2, 0.25) is 0 Å². The van der Waals surface area contributed by atoms with E-state index in [-0.39, 0.29) is 16.4 Å². The van der Waals surface area contributed by atoms with Crippen LogP contribution < -0.4 is 0 Å². The molecule has 224 valence electrons. The van der Waals surface area contributed by atoms with Crippen LogP contribution in [0.1, 0.15) is 140 Å². The number of carbonyl (C=O) groups is 1. The second-order valence-corrected chi connectivity index (χ2v) is 23.3. The molecule has 2 nitrogen and oxygen atoms in total. The van der Waals surface area contributed by atoms with Gasteiger partial charge >= 0.3 is 0 Å². The van der Waals surface area contributed by atoms with Gasteiger partial charge < -0.3 is 4.43 Å². The minimum Gasteiger partial charge on any atom is -0.413 e. The van der Waals surface area contributed by atoms with Crippen molar-refractivity contribution in [2.75, 3.05) is 0 Å². The van der Waals surface area contributed by atoms with Crippen LogP contribution in [-0.4, -0.2) is 20.2 Å². The average Bonchev–Trinajstić information content (AvgIpc) is 3.40. The summed E-state index contributed by atoms with van der Waals surface area (Å²) in [5, 5.41) is 0.275. The van der Waals surface area contributed by atoms with E-state index >= 15 is 0 Å². The van der Waals surface area contributed by atoms with Gasteiger partial charge in [-0.15, -0.1) is 0 Å². The van der Waals surface area contributed by atoms with Gasteiger partial charge in [0.05, 0.1) is 6.10 Å². The lowest BCUT2D eigenvalue weighted by molar-refractivity contribution is -0.159. The fourth-order valence-electron chi connectivity index (χ4n) is 11.9. The molecule has 0 aliphatic heterocycles. The van der Waals surface area contributed by atoms with E-state index in [0.717, 1.165) is 30.6 Å². The zero-order valence-electron chi connectivity index (χ0n) is 28.1. The standard InChI is InChI=1S/C36H64O2Si/c1-24(2)27(37)14-13-25(3)26-17-19-34(10)29-16-15-28-32(7,8)30(38-39(11,12)31(4,5)6)18-20-35(28)23-36(29,35)22-21-33(26,34)9/h24-26,28-30H,13-23H2,1-12H3/t25-,26-,28+,29+,30+,33-,34+,35-,36+/m1/s1. The Hall–Kier alpha value is -0.153. The second-order valence-electron chi connectivity index (χ2n) is 18.5. The van der Waals surface area contributed by atoms with E-state index in [2.05, 4.69) is 82.3 Å². The van der Waals surface area contributed by atoms with E-state index in [1.165, 1.54) is 57.8 Å². The van der Waals surface area contributed by atoms with Gasteiger partial charge in [-0.25, -0.2) is 0 Å². The Morgan fingerprint density at radius 1 is 0.846 bits per heavy atom. The molecule has 0 bridgehead atoms. The fourth-order valence-corrected chi connectivity index (χ4v) is 13.4. The van der Waals surface area contributed by atoms with Crippen LogP contribution >= 0.6 is 0 Å². The van der Waals surface area contributed by atoms with Crippen LogP contribution in [0.5, 0.6) is 0 Å². The van der Waals surface area contributed by atoms with E-state index in [1.54, 1.807) is 0 Å². The number of Topliss-reactive ketones (excluding diaryl/α,β-unsaturated/α-hetero) is 1. The molecule has 0 N–H and O–H groups in total. The Bertz CT molecular complexity index is 975. The van der Waals surface area contributed by atoms with E-state index in [0.29, 0.717) is 39.5 Å². The van der Waals surface area contributed by atoms with Gasteiger partial charge in [-0.3, -0.25) is 4.79 Å².